The third kappa shape index (κ3) is 4.37. The molecular weight excluding hydrogens is 384 g/mol. The fourth-order valence-electron chi connectivity index (χ4n) is 3.38. The molecule has 0 saturated heterocycles. The van der Waals surface area contributed by atoms with E-state index in [-0.39, 0.29) is 11.9 Å². The maximum Gasteiger partial charge on any atom is 0.319 e. The predicted octanol–water partition coefficient (Wildman–Crippen LogP) is 2.72. The summed E-state index contributed by atoms with van der Waals surface area (Å²) in [6, 6.07) is 13.2. The van der Waals surface area contributed by atoms with Gasteiger partial charge in [0.1, 0.15) is 6.04 Å². The van der Waals surface area contributed by atoms with E-state index in [1.807, 2.05) is 36.2 Å². The Bertz CT molecular complexity index is 973. The highest BCUT2D eigenvalue weighted by atomic mass is 16.5. The molecule has 3 amide bonds. The van der Waals surface area contributed by atoms with E-state index in [2.05, 4.69) is 16.0 Å². The Labute approximate surface area is 175 Å². The van der Waals surface area contributed by atoms with Crippen molar-refractivity contribution in [2.24, 2.45) is 0 Å². The van der Waals surface area contributed by atoms with Crippen molar-refractivity contribution in [3.05, 3.63) is 54.1 Å². The molecule has 2 aromatic carbocycles. The van der Waals surface area contributed by atoms with Crippen molar-refractivity contribution in [3.8, 4) is 0 Å². The second-order valence-electron chi connectivity index (χ2n) is 7.74. The molecule has 0 bridgehead atoms. The van der Waals surface area contributed by atoms with Crippen LogP contribution in [0, 0.1) is 0 Å². The van der Waals surface area contributed by atoms with Crippen molar-refractivity contribution < 1.29 is 19.1 Å². The van der Waals surface area contributed by atoms with Crippen molar-refractivity contribution in [3.63, 3.8) is 0 Å². The van der Waals surface area contributed by atoms with E-state index in [0.717, 1.165) is 5.69 Å². The van der Waals surface area contributed by atoms with Gasteiger partial charge in [-0.2, -0.15) is 0 Å². The maximum atomic E-state index is 12.6. The molecule has 1 atom stereocenters. The van der Waals surface area contributed by atoms with Crippen LogP contribution in [0.3, 0.4) is 0 Å². The lowest BCUT2D eigenvalue weighted by Gasteiger charge is -2.23. The van der Waals surface area contributed by atoms with Crippen LogP contribution >= 0.6 is 0 Å². The van der Waals surface area contributed by atoms with Gasteiger partial charge in [-0.05, 0) is 43.7 Å². The summed E-state index contributed by atoms with van der Waals surface area (Å²) in [5, 5.41) is 8.30. The van der Waals surface area contributed by atoms with Crippen LogP contribution in [0.1, 0.15) is 19.4 Å². The van der Waals surface area contributed by atoms with Crippen LogP contribution in [-0.4, -0.2) is 44.7 Å². The standard InChI is InChI=1S/C22H26N4O4/c1-22(2,20(28)30-4)14-8-7-9-15(12-14)23-21(29)25-17-13-26(3)18-11-6-5-10-16(18)24-19(17)27/h5-12,17H,13H2,1-4H3,(H,24,27)(H2,23,25,29). The molecule has 8 heteroatoms. The van der Waals surface area contributed by atoms with Crippen molar-refractivity contribution in [1.29, 1.82) is 0 Å². The van der Waals surface area contributed by atoms with Gasteiger partial charge in [-0.15, -0.1) is 0 Å². The van der Waals surface area contributed by atoms with Crippen LogP contribution in [0.2, 0.25) is 0 Å². The first-order valence-electron chi connectivity index (χ1n) is 9.60. The van der Waals surface area contributed by atoms with Crippen molar-refractivity contribution in [1.82, 2.24) is 5.32 Å². The van der Waals surface area contributed by atoms with Crippen LogP contribution in [-0.2, 0) is 19.7 Å². The summed E-state index contributed by atoms with van der Waals surface area (Å²) in [4.78, 5) is 39.1. The second kappa shape index (κ2) is 8.44. The minimum absolute atomic E-state index is 0.289. The number of hydrogen-bond acceptors (Lipinski definition) is 5. The van der Waals surface area contributed by atoms with Gasteiger partial charge in [0.15, 0.2) is 0 Å². The minimum atomic E-state index is -0.863. The van der Waals surface area contributed by atoms with Gasteiger partial charge >= 0.3 is 12.0 Å². The van der Waals surface area contributed by atoms with E-state index >= 15 is 0 Å². The number of hydrogen-bond donors (Lipinski definition) is 3. The Balaban J connectivity index is 1.70. The number of nitrogens with zero attached hydrogens (tertiary/aromatic N) is 1. The summed E-state index contributed by atoms with van der Waals surface area (Å²) >= 11 is 0. The van der Waals surface area contributed by atoms with E-state index in [1.54, 1.807) is 38.1 Å². The quantitative estimate of drug-likeness (QED) is 0.673. The summed E-state index contributed by atoms with van der Waals surface area (Å²) in [5.41, 5.74) is 1.93. The first-order chi connectivity index (χ1) is 14.2. The molecule has 158 valence electrons. The first kappa shape index (κ1) is 21.2. The second-order valence-corrected chi connectivity index (χ2v) is 7.74. The summed E-state index contributed by atoms with van der Waals surface area (Å²) in [6.07, 6.45) is 0. The fraction of sp³-hybridized carbons (Fsp3) is 0.318. The van der Waals surface area contributed by atoms with Gasteiger partial charge in [-0.25, -0.2) is 4.79 Å². The largest absolute Gasteiger partial charge is 0.468 e. The van der Waals surface area contributed by atoms with E-state index in [0.29, 0.717) is 23.5 Å². The van der Waals surface area contributed by atoms with Crippen molar-refractivity contribution in [2.45, 2.75) is 25.3 Å². The predicted molar refractivity (Wildman–Crippen MR) is 116 cm³/mol. The Hall–Kier alpha value is -3.55. The molecule has 1 heterocycles. The molecule has 0 fully saturated rings. The zero-order chi connectivity index (χ0) is 21.9. The molecule has 0 aromatic heterocycles. The fourth-order valence-corrected chi connectivity index (χ4v) is 3.38. The number of nitrogens with one attached hydrogen (secondary N) is 3. The highest BCUT2D eigenvalue weighted by Crippen LogP contribution is 2.28. The number of ether oxygens (including phenoxy) is 1. The van der Waals surface area contributed by atoms with Crippen LogP contribution in [0.5, 0.6) is 0 Å². The lowest BCUT2D eigenvalue weighted by molar-refractivity contribution is -0.146. The Morgan fingerprint density at radius 1 is 1.17 bits per heavy atom. The first-order valence-corrected chi connectivity index (χ1v) is 9.60. The van der Waals surface area contributed by atoms with Gasteiger partial charge in [-0.1, -0.05) is 24.3 Å². The molecule has 1 unspecified atom stereocenters. The number of carbonyl (C=O) groups is 3. The lowest BCUT2D eigenvalue weighted by atomic mass is 9.84. The Kier molecular flexibility index (Phi) is 5.96. The number of methoxy groups -OCH3 is 1. The summed E-state index contributed by atoms with van der Waals surface area (Å²) < 4.78 is 4.86. The number of amides is 3. The number of para-hydroxylation sites is 2. The number of esters is 1. The SMILES string of the molecule is COC(=O)C(C)(C)c1cccc(NC(=O)NC2CN(C)c3ccccc3NC2=O)c1. The summed E-state index contributed by atoms with van der Waals surface area (Å²) in [7, 11) is 3.21. The summed E-state index contributed by atoms with van der Waals surface area (Å²) in [5.74, 6) is -0.663. The number of anilines is 3. The number of carbonyl (C=O) groups excluding carboxylic acids is 3. The van der Waals surface area contributed by atoms with E-state index in [4.69, 9.17) is 4.74 Å². The molecule has 3 rings (SSSR count). The molecule has 8 nitrogen and oxygen atoms in total. The molecular formula is C22H26N4O4. The molecule has 1 aliphatic rings. The van der Waals surface area contributed by atoms with Crippen LogP contribution in [0.25, 0.3) is 0 Å². The summed E-state index contributed by atoms with van der Waals surface area (Å²) in [6.45, 7) is 3.83. The average molecular weight is 410 g/mol. The molecule has 30 heavy (non-hydrogen) atoms. The average Bonchev–Trinajstić information content (AvgIpc) is 2.83. The van der Waals surface area contributed by atoms with Gasteiger partial charge in [0.2, 0.25) is 5.91 Å². The molecule has 0 aliphatic carbocycles. The molecule has 0 radical (unpaired) electrons. The number of fused-ring (bicyclic) bond motifs is 1. The topological polar surface area (TPSA) is 99.8 Å². The maximum absolute atomic E-state index is 12.6. The van der Waals surface area contributed by atoms with E-state index < -0.39 is 17.5 Å². The third-order valence-corrected chi connectivity index (χ3v) is 5.19. The highest BCUT2D eigenvalue weighted by Gasteiger charge is 2.31. The Morgan fingerprint density at radius 3 is 2.63 bits per heavy atom. The molecule has 0 saturated carbocycles. The van der Waals surface area contributed by atoms with Crippen LogP contribution in [0.15, 0.2) is 48.5 Å². The number of rotatable bonds is 4. The highest BCUT2D eigenvalue weighted by molar-refractivity contribution is 6.02. The van der Waals surface area contributed by atoms with E-state index in [1.165, 1.54) is 7.11 Å². The Morgan fingerprint density at radius 2 is 1.90 bits per heavy atom. The molecule has 2 aromatic rings. The van der Waals surface area contributed by atoms with Gasteiger partial charge in [-0.3, -0.25) is 9.59 Å². The number of urea groups is 1. The van der Waals surface area contributed by atoms with E-state index in [9.17, 15) is 14.4 Å². The zero-order valence-electron chi connectivity index (χ0n) is 17.5. The smallest absolute Gasteiger partial charge is 0.319 e. The monoisotopic (exact) mass is 410 g/mol. The minimum Gasteiger partial charge on any atom is -0.468 e. The third-order valence-electron chi connectivity index (χ3n) is 5.19. The van der Waals surface area contributed by atoms with Gasteiger partial charge in [0.05, 0.1) is 23.9 Å². The van der Waals surface area contributed by atoms with Crippen LogP contribution < -0.4 is 20.9 Å². The molecule has 0 spiro atoms. The molecule has 1 aliphatic heterocycles. The number of benzene rings is 2. The van der Waals surface area contributed by atoms with Crippen LogP contribution in [0.4, 0.5) is 21.9 Å². The lowest BCUT2D eigenvalue weighted by Crippen LogP contribution is -2.49. The van der Waals surface area contributed by atoms with Gasteiger partial charge in [0.25, 0.3) is 0 Å². The van der Waals surface area contributed by atoms with Crippen molar-refractivity contribution >= 4 is 35.0 Å². The normalized spacial score (nSPS) is 16.1. The van der Waals surface area contributed by atoms with Crippen molar-refractivity contribution in [2.75, 3.05) is 36.2 Å². The number of likely N-dealkylation sites (N-methyl/N-ethyl adjacent to an activating group) is 1. The zero-order valence-corrected chi connectivity index (χ0v) is 17.5. The van der Waals surface area contributed by atoms with Gasteiger partial charge in [0, 0.05) is 19.3 Å². The van der Waals surface area contributed by atoms with Gasteiger partial charge < -0.3 is 25.6 Å². The molecule has 3 N–H and O–H groups in total.